The van der Waals surface area contributed by atoms with E-state index >= 15 is 0 Å². The molecule has 0 atom stereocenters. The molecule has 0 saturated heterocycles. The third-order valence-electron chi connectivity index (χ3n) is 5.37. The summed E-state index contributed by atoms with van der Waals surface area (Å²) in [5.41, 5.74) is 2.37. The highest BCUT2D eigenvalue weighted by Gasteiger charge is 2.19. The number of rotatable bonds is 13. The number of allylic oxidation sites excluding steroid dienone is 2. The maximum absolute atomic E-state index is 12.0. The Morgan fingerprint density at radius 1 is 1.12 bits per heavy atom. The number of fused-ring (bicyclic) bond motifs is 1. The van der Waals surface area contributed by atoms with Crippen LogP contribution in [0.15, 0.2) is 45.1 Å². The highest BCUT2D eigenvalue weighted by atomic mass is 16.5. The lowest BCUT2D eigenvalue weighted by atomic mass is 10.1. The Bertz CT molecular complexity index is 971. The first-order valence-electron chi connectivity index (χ1n) is 11.6. The smallest absolute Gasteiger partial charge is 0.336 e. The zero-order chi connectivity index (χ0) is 23.6. The van der Waals surface area contributed by atoms with Gasteiger partial charge >= 0.3 is 5.63 Å². The van der Waals surface area contributed by atoms with E-state index in [0.29, 0.717) is 29.6 Å². The van der Waals surface area contributed by atoms with Crippen LogP contribution in [0.2, 0.25) is 0 Å². The molecule has 0 spiro atoms. The number of benzene rings is 1. The summed E-state index contributed by atoms with van der Waals surface area (Å²) in [4.78, 5) is 23.7. The fourth-order valence-corrected chi connectivity index (χ4v) is 3.60. The minimum atomic E-state index is -0.350. The highest BCUT2D eigenvalue weighted by molar-refractivity contribution is 5.82. The molecule has 1 N–H and O–H groups in total. The van der Waals surface area contributed by atoms with Gasteiger partial charge in [0.15, 0.2) is 6.54 Å². The molecule has 0 aliphatic carbocycles. The van der Waals surface area contributed by atoms with Crippen molar-refractivity contribution in [2.75, 3.05) is 40.3 Å². The molecule has 0 aliphatic heterocycles. The molecule has 0 bridgehead atoms. The Kier molecular flexibility index (Phi) is 9.97. The van der Waals surface area contributed by atoms with E-state index in [-0.39, 0.29) is 11.5 Å². The van der Waals surface area contributed by atoms with Crippen molar-refractivity contribution in [3.8, 4) is 5.75 Å². The number of carbonyl (C=O) groups excluding carboxylic acids is 1. The van der Waals surface area contributed by atoms with E-state index in [1.165, 1.54) is 11.6 Å². The van der Waals surface area contributed by atoms with Gasteiger partial charge in [0.2, 0.25) is 0 Å². The SMILES string of the molecule is CCCNC(=O)C[N+](C)(C)CCCCCOc1ccc2ccc(=O)oc2c1CC=C(C)C. The minimum Gasteiger partial charge on any atom is -0.493 e. The molecule has 6 nitrogen and oxygen atoms in total. The summed E-state index contributed by atoms with van der Waals surface area (Å²) in [5, 5.41) is 3.85. The molecular weight excluding hydrogens is 404 g/mol. The van der Waals surface area contributed by atoms with Crippen LogP contribution >= 0.6 is 0 Å². The summed E-state index contributed by atoms with van der Waals surface area (Å²) >= 11 is 0. The second-order valence-corrected chi connectivity index (χ2v) is 9.28. The van der Waals surface area contributed by atoms with Crippen LogP contribution < -0.4 is 15.7 Å². The van der Waals surface area contributed by atoms with E-state index in [1.807, 2.05) is 12.1 Å². The lowest BCUT2D eigenvalue weighted by molar-refractivity contribution is -0.882. The predicted molar refractivity (Wildman–Crippen MR) is 130 cm³/mol. The molecule has 2 aromatic rings. The van der Waals surface area contributed by atoms with Crippen molar-refractivity contribution in [2.24, 2.45) is 0 Å². The molecule has 1 amide bonds. The van der Waals surface area contributed by atoms with Crippen LogP contribution in [0.4, 0.5) is 0 Å². The van der Waals surface area contributed by atoms with Gasteiger partial charge in [-0.25, -0.2) is 4.79 Å². The summed E-state index contributed by atoms with van der Waals surface area (Å²) in [5.74, 6) is 0.889. The number of hydrogen-bond donors (Lipinski definition) is 1. The van der Waals surface area contributed by atoms with Crippen molar-refractivity contribution in [1.82, 2.24) is 5.32 Å². The molecule has 0 fully saturated rings. The number of nitrogens with zero attached hydrogens (tertiary/aromatic N) is 1. The number of nitrogens with one attached hydrogen (secondary N) is 1. The first-order valence-corrected chi connectivity index (χ1v) is 11.6. The molecule has 1 aromatic heterocycles. The van der Waals surface area contributed by atoms with Crippen LogP contribution in [0, 0.1) is 0 Å². The second kappa shape index (κ2) is 12.4. The zero-order valence-electron chi connectivity index (χ0n) is 20.3. The molecule has 0 aliphatic rings. The van der Waals surface area contributed by atoms with E-state index in [2.05, 4.69) is 46.3 Å². The zero-order valence-corrected chi connectivity index (χ0v) is 20.3. The summed E-state index contributed by atoms with van der Waals surface area (Å²) in [6, 6.07) is 7.13. The van der Waals surface area contributed by atoms with Gasteiger partial charge in [-0.3, -0.25) is 4.79 Å². The molecule has 0 saturated carbocycles. The van der Waals surface area contributed by atoms with Gasteiger partial charge in [-0.2, -0.15) is 0 Å². The van der Waals surface area contributed by atoms with Crippen molar-refractivity contribution >= 4 is 16.9 Å². The normalized spacial score (nSPS) is 11.4. The van der Waals surface area contributed by atoms with Crippen molar-refractivity contribution in [3.05, 3.63) is 51.9 Å². The van der Waals surface area contributed by atoms with Gasteiger partial charge in [-0.15, -0.1) is 0 Å². The summed E-state index contributed by atoms with van der Waals surface area (Å²) in [6.45, 7) is 8.96. The van der Waals surface area contributed by atoms with Gasteiger partial charge in [0.25, 0.3) is 5.91 Å². The molecule has 1 aromatic carbocycles. The van der Waals surface area contributed by atoms with Crippen LogP contribution in [0.3, 0.4) is 0 Å². The van der Waals surface area contributed by atoms with Crippen LogP contribution in [0.5, 0.6) is 5.75 Å². The fourth-order valence-electron chi connectivity index (χ4n) is 3.60. The van der Waals surface area contributed by atoms with Gasteiger partial charge in [0.05, 0.1) is 27.2 Å². The minimum absolute atomic E-state index is 0.118. The summed E-state index contributed by atoms with van der Waals surface area (Å²) in [6.07, 6.45) is 6.73. The molecule has 0 radical (unpaired) electrons. The number of carbonyl (C=O) groups is 1. The second-order valence-electron chi connectivity index (χ2n) is 9.28. The molecule has 6 heteroatoms. The topological polar surface area (TPSA) is 68.5 Å². The average molecular weight is 444 g/mol. The number of likely N-dealkylation sites (N-methyl/N-ethyl adjacent to an activating group) is 1. The van der Waals surface area contributed by atoms with Crippen LogP contribution in [0.25, 0.3) is 11.0 Å². The summed E-state index contributed by atoms with van der Waals surface area (Å²) in [7, 11) is 4.20. The maximum atomic E-state index is 12.0. The monoisotopic (exact) mass is 443 g/mol. The lowest BCUT2D eigenvalue weighted by Gasteiger charge is -2.29. The van der Waals surface area contributed by atoms with Crippen LogP contribution in [0.1, 0.15) is 52.0 Å². The predicted octanol–water partition coefficient (Wildman–Crippen LogP) is 4.45. The Hall–Kier alpha value is -2.60. The van der Waals surface area contributed by atoms with Crippen molar-refractivity contribution < 1.29 is 18.4 Å². The number of amides is 1. The van der Waals surface area contributed by atoms with Crippen molar-refractivity contribution in [2.45, 2.75) is 52.9 Å². The Labute approximate surface area is 191 Å². The number of unbranched alkanes of at least 4 members (excludes halogenated alkanes) is 2. The number of hydrogen-bond acceptors (Lipinski definition) is 4. The molecular formula is C26H39N2O4+. The maximum Gasteiger partial charge on any atom is 0.336 e. The van der Waals surface area contributed by atoms with Gasteiger partial charge in [-0.05, 0) is 64.2 Å². The average Bonchev–Trinajstić information content (AvgIpc) is 2.72. The van der Waals surface area contributed by atoms with Crippen molar-refractivity contribution in [3.63, 3.8) is 0 Å². The van der Waals surface area contributed by atoms with E-state index in [4.69, 9.17) is 9.15 Å². The van der Waals surface area contributed by atoms with Crippen molar-refractivity contribution in [1.29, 1.82) is 0 Å². The van der Waals surface area contributed by atoms with E-state index in [9.17, 15) is 9.59 Å². The van der Waals surface area contributed by atoms with E-state index < -0.39 is 0 Å². The third kappa shape index (κ3) is 8.50. The molecule has 1 heterocycles. The van der Waals surface area contributed by atoms with Gasteiger partial charge in [0.1, 0.15) is 11.3 Å². The molecule has 176 valence electrons. The Balaban J connectivity index is 1.89. The Morgan fingerprint density at radius 3 is 2.59 bits per heavy atom. The standard InChI is InChI=1S/C26H38N2O4/c1-6-16-27-24(29)19-28(4,5)17-8-7-9-18-31-23-14-11-21-12-15-25(30)32-26(21)22(23)13-10-20(2)3/h10-12,14-15H,6-9,13,16-19H2,1-5H3/p+1. The van der Waals surface area contributed by atoms with Crippen LogP contribution in [-0.4, -0.2) is 50.7 Å². The number of quaternary nitrogens is 1. The Morgan fingerprint density at radius 2 is 1.88 bits per heavy atom. The lowest BCUT2D eigenvalue weighted by Crippen LogP contribution is -2.48. The van der Waals surface area contributed by atoms with Gasteiger partial charge in [-0.1, -0.05) is 18.6 Å². The molecule has 32 heavy (non-hydrogen) atoms. The fraction of sp³-hybridized carbons (Fsp3) is 0.538. The first kappa shape index (κ1) is 25.7. The van der Waals surface area contributed by atoms with Gasteiger partial charge in [0, 0.05) is 23.6 Å². The van der Waals surface area contributed by atoms with E-state index in [1.54, 1.807) is 6.07 Å². The first-order chi connectivity index (χ1) is 15.2. The largest absolute Gasteiger partial charge is 0.493 e. The molecule has 0 unspecified atom stereocenters. The van der Waals surface area contributed by atoms with Gasteiger partial charge < -0.3 is 19.0 Å². The van der Waals surface area contributed by atoms with E-state index in [0.717, 1.165) is 55.5 Å². The number of ether oxygens (including phenoxy) is 1. The molecule has 2 rings (SSSR count). The highest BCUT2D eigenvalue weighted by Crippen LogP contribution is 2.28. The quantitative estimate of drug-likeness (QED) is 0.215. The summed E-state index contributed by atoms with van der Waals surface area (Å²) < 4.78 is 12.3. The van der Waals surface area contributed by atoms with Crippen LogP contribution in [-0.2, 0) is 11.2 Å². The third-order valence-corrected chi connectivity index (χ3v) is 5.37.